The van der Waals surface area contributed by atoms with E-state index in [1.54, 1.807) is 0 Å². The number of pyridine rings is 1. The zero-order chi connectivity index (χ0) is 13.9. The fraction of sp³-hybridized carbons (Fsp3) is 0.235. The molecule has 0 aliphatic rings. The smallest absolute Gasteiger partial charge is 0.197 e. The van der Waals surface area contributed by atoms with E-state index in [0.717, 1.165) is 41.2 Å². The molecule has 1 N–H and O–H groups in total. The molecule has 20 heavy (non-hydrogen) atoms. The van der Waals surface area contributed by atoms with Crippen molar-refractivity contribution in [2.75, 3.05) is 6.61 Å². The number of hydrogen-bond donors (Lipinski definition) is 1. The first-order valence-corrected chi connectivity index (χ1v) is 6.94. The van der Waals surface area contributed by atoms with Crippen molar-refractivity contribution in [3.8, 4) is 0 Å². The van der Waals surface area contributed by atoms with E-state index in [2.05, 4.69) is 4.57 Å². The van der Waals surface area contributed by atoms with Crippen LogP contribution in [0.1, 0.15) is 12.8 Å². The number of hydrogen-bond acceptors (Lipinski definition) is 2. The summed E-state index contributed by atoms with van der Waals surface area (Å²) < 4.78 is 2.18. The number of unbranched alkanes of at least 4 members (excludes halogenated alkanes) is 1. The lowest BCUT2D eigenvalue weighted by Crippen LogP contribution is -2.11. The first-order valence-electron chi connectivity index (χ1n) is 6.94. The summed E-state index contributed by atoms with van der Waals surface area (Å²) in [5.74, 6) is 0. The fourth-order valence-electron chi connectivity index (χ4n) is 2.70. The Labute approximate surface area is 117 Å². The number of nitrogens with zero attached hydrogens (tertiary/aromatic N) is 1. The lowest BCUT2D eigenvalue weighted by Gasteiger charge is -2.14. The fourth-order valence-corrected chi connectivity index (χ4v) is 2.70. The van der Waals surface area contributed by atoms with Gasteiger partial charge in [-0.15, -0.1) is 0 Å². The van der Waals surface area contributed by atoms with Crippen molar-refractivity contribution in [2.45, 2.75) is 19.4 Å². The van der Waals surface area contributed by atoms with Gasteiger partial charge in [-0.2, -0.15) is 0 Å². The van der Waals surface area contributed by atoms with Crippen molar-refractivity contribution < 1.29 is 5.11 Å². The number of aryl methyl sites for hydroxylation is 1. The Morgan fingerprint density at radius 1 is 0.850 bits per heavy atom. The van der Waals surface area contributed by atoms with Gasteiger partial charge in [-0.1, -0.05) is 24.3 Å². The number of para-hydroxylation sites is 2. The Balaban J connectivity index is 2.31. The first-order chi connectivity index (χ1) is 9.83. The van der Waals surface area contributed by atoms with Crippen molar-refractivity contribution in [2.24, 2.45) is 0 Å². The third kappa shape index (κ3) is 2.10. The maximum absolute atomic E-state index is 12.5. The molecule has 2 aromatic carbocycles. The summed E-state index contributed by atoms with van der Waals surface area (Å²) in [5, 5.41) is 10.5. The molecule has 0 atom stereocenters. The van der Waals surface area contributed by atoms with Crippen LogP contribution < -0.4 is 5.43 Å². The molecule has 0 radical (unpaired) electrons. The van der Waals surface area contributed by atoms with Crippen molar-refractivity contribution in [3.63, 3.8) is 0 Å². The van der Waals surface area contributed by atoms with Crippen molar-refractivity contribution in [1.29, 1.82) is 0 Å². The quantitative estimate of drug-likeness (QED) is 0.583. The van der Waals surface area contributed by atoms with Crippen molar-refractivity contribution >= 4 is 21.8 Å². The second-order valence-corrected chi connectivity index (χ2v) is 4.95. The lowest BCUT2D eigenvalue weighted by atomic mass is 10.1. The van der Waals surface area contributed by atoms with Crippen molar-refractivity contribution in [1.82, 2.24) is 4.57 Å². The summed E-state index contributed by atoms with van der Waals surface area (Å²) in [7, 11) is 0. The summed E-state index contributed by atoms with van der Waals surface area (Å²) in [4.78, 5) is 12.5. The molecular weight excluding hydrogens is 250 g/mol. The van der Waals surface area contributed by atoms with Crippen LogP contribution in [0.3, 0.4) is 0 Å². The van der Waals surface area contributed by atoms with Gasteiger partial charge in [0.05, 0.1) is 11.0 Å². The minimum atomic E-state index is 0.0922. The molecule has 3 nitrogen and oxygen atoms in total. The maximum Gasteiger partial charge on any atom is 0.197 e. The average Bonchev–Trinajstić information content (AvgIpc) is 2.51. The Morgan fingerprint density at radius 2 is 1.40 bits per heavy atom. The highest BCUT2D eigenvalue weighted by Crippen LogP contribution is 2.19. The van der Waals surface area contributed by atoms with Gasteiger partial charge in [-0.05, 0) is 37.1 Å². The third-order valence-corrected chi connectivity index (χ3v) is 3.67. The van der Waals surface area contributed by atoms with E-state index in [9.17, 15) is 4.79 Å². The molecule has 0 amide bonds. The molecule has 0 aliphatic carbocycles. The lowest BCUT2D eigenvalue weighted by molar-refractivity contribution is 0.282. The molecule has 0 aliphatic heterocycles. The number of fused-ring (bicyclic) bond motifs is 2. The number of aliphatic hydroxyl groups excluding tert-OH is 1. The predicted molar refractivity (Wildman–Crippen MR) is 82.0 cm³/mol. The molecular formula is C17H17NO2. The zero-order valence-electron chi connectivity index (χ0n) is 11.2. The first kappa shape index (κ1) is 12.9. The van der Waals surface area contributed by atoms with E-state index in [-0.39, 0.29) is 12.0 Å². The van der Waals surface area contributed by atoms with Gasteiger partial charge < -0.3 is 9.67 Å². The molecule has 0 spiro atoms. The van der Waals surface area contributed by atoms with Crippen LogP contribution in [-0.2, 0) is 6.54 Å². The van der Waals surface area contributed by atoms with E-state index in [1.807, 2.05) is 48.5 Å². The highest BCUT2D eigenvalue weighted by atomic mass is 16.2. The predicted octanol–water partition coefficient (Wildman–Crippen LogP) is 2.93. The van der Waals surface area contributed by atoms with Gasteiger partial charge in [-0.25, -0.2) is 0 Å². The monoisotopic (exact) mass is 267 g/mol. The van der Waals surface area contributed by atoms with Gasteiger partial charge in [0.1, 0.15) is 0 Å². The molecule has 0 saturated heterocycles. The summed E-state index contributed by atoms with van der Waals surface area (Å²) in [6, 6.07) is 15.5. The van der Waals surface area contributed by atoms with Gasteiger partial charge in [0.15, 0.2) is 5.43 Å². The zero-order valence-corrected chi connectivity index (χ0v) is 11.2. The molecule has 1 heterocycles. The van der Waals surface area contributed by atoms with Gasteiger partial charge in [0.25, 0.3) is 0 Å². The van der Waals surface area contributed by atoms with Crippen LogP contribution >= 0.6 is 0 Å². The number of rotatable bonds is 4. The van der Waals surface area contributed by atoms with E-state index < -0.39 is 0 Å². The minimum Gasteiger partial charge on any atom is -0.396 e. The Bertz CT molecular complexity index is 745. The van der Waals surface area contributed by atoms with Crippen LogP contribution in [0.15, 0.2) is 53.3 Å². The number of aromatic nitrogens is 1. The van der Waals surface area contributed by atoms with Gasteiger partial charge >= 0.3 is 0 Å². The normalized spacial score (nSPS) is 11.2. The minimum absolute atomic E-state index is 0.0922. The average molecular weight is 267 g/mol. The molecule has 0 saturated carbocycles. The molecule has 3 rings (SSSR count). The summed E-state index contributed by atoms with van der Waals surface area (Å²) in [6.07, 6.45) is 1.67. The van der Waals surface area contributed by atoms with Crippen LogP contribution in [-0.4, -0.2) is 16.3 Å². The van der Waals surface area contributed by atoms with Crippen LogP contribution in [0, 0.1) is 0 Å². The number of benzene rings is 2. The SMILES string of the molecule is O=c1c2ccccc2n(CCCCO)c2ccccc12. The highest BCUT2D eigenvalue weighted by molar-refractivity contribution is 5.93. The second-order valence-electron chi connectivity index (χ2n) is 4.95. The van der Waals surface area contributed by atoms with Crippen LogP contribution in [0.5, 0.6) is 0 Å². The van der Waals surface area contributed by atoms with Crippen LogP contribution in [0.4, 0.5) is 0 Å². The molecule has 1 aromatic heterocycles. The largest absolute Gasteiger partial charge is 0.396 e. The molecule has 0 fully saturated rings. The standard InChI is InChI=1S/C17H17NO2/c19-12-6-5-11-18-15-9-3-1-7-13(15)17(20)14-8-2-4-10-16(14)18/h1-4,7-10,19H,5-6,11-12H2. The van der Waals surface area contributed by atoms with Gasteiger partial charge in [-0.3, -0.25) is 4.79 Å². The van der Waals surface area contributed by atoms with E-state index in [1.165, 1.54) is 0 Å². The van der Waals surface area contributed by atoms with Crippen LogP contribution in [0.2, 0.25) is 0 Å². The molecule has 0 bridgehead atoms. The Kier molecular flexibility index (Phi) is 3.52. The highest BCUT2D eigenvalue weighted by Gasteiger charge is 2.09. The molecule has 3 aromatic rings. The van der Waals surface area contributed by atoms with E-state index >= 15 is 0 Å². The third-order valence-electron chi connectivity index (χ3n) is 3.67. The number of aliphatic hydroxyl groups is 1. The van der Waals surface area contributed by atoms with Gasteiger partial charge in [0, 0.05) is 23.9 Å². The second kappa shape index (κ2) is 5.47. The van der Waals surface area contributed by atoms with E-state index in [0.29, 0.717) is 0 Å². The van der Waals surface area contributed by atoms with Crippen LogP contribution in [0.25, 0.3) is 21.8 Å². The van der Waals surface area contributed by atoms with Gasteiger partial charge in [0.2, 0.25) is 0 Å². The molecule has 0 unspecified atom stereocenters. The Morgan fingerprint density at radius 3 is 1.95 bits per heavy atom. The Hall–Kier alpha value is -2.13. The summed E-state index contributed by atoms with van der Waals surface area (Å²) >= 11 is 0. The summed E-state index contributed by atoms with van der Waals surface area (Å²) in [5.41, 5.74) is 2.03. The maximum atomic E-state index is 12.5. The summed E-state index contributed by atoms with van der Waals surface area (Å²) in [6.45, 7) is 1.01. The molecule has 102 valence electrons. The van der Waals surface area contributed by atoms with E-state index in [4.69, 9.17) is 5.11 Å². The van der Waals surface area contributed by atoms with Crippen molar-refractivity contribution in [3.05, 3.63) is 58.8 Å². The topological polar surface area (TPSA) is 42.2 Å². The molecule has 3 heteroatoms.